The smallest absolute Gasteiger partial charge is 0 e. The molecular formula is C14H22Y-2. The normalized spacial score (nSPS) is 45.2. The molecule has 0 aromatic heterocycles. The Kier molecular flexibility index (Phi) is 3.69. The molecule has 0 nitrogen and oxygen atoms in total. The third kappa shape index (κ3) is 1.70. The second-order valence-electron chi connectivity index (χ2n) is 6.04. The minimum Gasteiger partial charge on any atom is -0.343 e. The van der Waals surface area contributed by atoms with Gasteiger partial charge in [-0.25, -0.2) is 0 Å². The van der Waals surface area contributed by atoms with Gasteiger partial charge in [0.1, 0.15) is 0 Å². The summed E-state index contributed by atoms with van der Waals surface area (Å²) >= 11 is 0. The Hall–Kier alpha value is 1.10. The van der Waals surface area contributed by atoms with Crippen molar-refractivity contribution >= 4 is 0 Å². The van der Waals surface area contributed by atoms with E-state index in [0.717, 1.165) is 36.5 Å². The van der Waals surface area contributed by atoms with Gasteiger partial charge in [0, 0.05) is 32.7 Å². The largest absolute Gasteiger partial charge is 0.343 e. The molecule has 83 valence electrons. The molecule has 4 rings (SSSR count). The Labute approximate surface area is 120 Å². The Bertz CT molecular complexity index is 199. The number of hydrogen-bond donors (Lipinski definition) is 0. The van der Waals surface area contributed by atoms with Crippen molar-refractivity contribution in [1.29, 1.82) is 0 Å². The molecule has 0 atom stereocenters. The Morgan fingerprint density at radius 1 is 0.800 bits per heavy atom. The van der Waals surface area contributed by atoms with Crippen molar-refractivity contribution in [2.24, 2.45) is 29.1 Å². The van der Waals surface area contributed by atoms with Crippen LogP contribution < -0.4 is 0 Å². The van der Waals surface area contributed by atoms with Crippen molar-refractivity contribution in [2.75, 3.05) is 0 Å². The van der Waals surface area contributed by atoms with Gasteiger partial charge in [-0.2, -0.15) is 12.8 Å². The van der Waals surface area contributed by atoms with E-state index in [0.29, 0.717) is 5.41 Å². The molecule has 1 heteroatoms. The summed E-state index contributed by atoms with van der Waals surface area (Å²) in [4.78, 5) is 0. The molecule has 0 aromatic carbocycles. The first kappa shape index (κ1) is 12.6. The molecule has 0 heterocycles. The van der Waals surface area contributed by atoms with Gasteiger partial charge in [0.15, 0.2) is 0 Å². The molecule has 0 N–H and O–H groups in total. The molecule has 4 saturated carbocycles. The van der Waals surface area contributed by atoms with Crippen molar-refractivity contribution < 1.29 is 32.7 Å². The molecule has 0 aromatic rings. The van der Waals surface area contributed by atoms with Crippen LogP contribution in [-0.2, 0) is 32.7 Å². The molecular weight excluding hydrogens is 257 g/mol. The average Bonchev–Trinajstić information content (AvgIpc) is 2.18. The monoisotopic (exact) mass is 279 g/mol. The van der Waals surface area contributed by atoms with Crippen molar-refractivity contribution in [1.82, 2.24) is 0 Å². The van der Waals surface area contributed by atoms with E-state index in [4.69, 9.17) is 0 Å². The maximum atomic E-state index is 4.23. The quantitative estimate of drug-likeness (QED) is 0.673. The van der Waals surface area contributed by atoms with Crippen LogP contribution in [-0.4, -0.2) is 0 Å². The average molecular weight is 279 g/mol. The predicted octanol–water partition coefficient (Wildman–Crippen LogP) is 3.87. The van der Waals surface area contributed by atoms with E-state index < -0.39 is 0 Å². The first-order valence-corrected chi connectivity index (χ1v) is 6.37. The fourth-order valence-electron chi connectivity index (χ4n) is 5.06. The van der Waals surface area contributed by atoms with Crippen LogP contribution in [0, 0.1) is 42.9 Å². The minimum atomic E-state index is 0. The minimum absolute atomic E-state index is 0. The van der Waals surface area contributed by atoms with Crippen LogP contribution in [0.25, 0.3) is 0 Å². The zero-order chi connectivity index (χ0) is 9.76. The summed E-state index contributed by atoms with van der Waals surface area (Å²) in [6.07, 6.45) is 9.89. The standard InChI is InChI=1S/C14H22.Y/c1-3-14(4-2)12-6-10-5-11(8-12)9-13(14)7-10;/h10-13H,1-9H2;/q-2;. The van der Waals surface area contributed by atoms with E-state index in [1.54, 1.807) is 6.42 Å². The van der Waals surface area contributed by atoms with Gasteiger partial charge in [-0.1, -0.05) is 5.41 Å². The molecule has 0 amide bonds. The van der Waals surface area contributed by atoms with Crippen molar-refractivity contribution in [3.8, 4) is 0 Å². The molecule has 15 heavy (non-hydrogen) atoms. The fraction of sp³-hybridized carbons (Fsp3) is 0.857. The summed E-state index contributed by atoms with van der Waals surface area (Å²) in [5.74, 6) is 4.16. The van der Waals surface area contributed by atoms with Crippen LogP contribution in [0.1, 0.15) is 44.9 Å². The Balaban J connectivity index is 0.000000853. The second-order valence-corrected chi connectivity index (χ2v) is 6.04. The van der Waals surface area contributed by atoms with Crippen molar-refractivity contribution in [3.63, 3.8) is 0 Å². The first-order chi connectivity index (χ1) is 6.78. The third-order valence-corrected chi connectivity index (χ3v) is 5.70. The number of hydrogen-bond acceptors (Lipinski definition) is 0. The van der Waals surface area contributed by atoms with Gasteiger partial charge in [0.25, 0.3) is 0 Å². The number of rotatable bonds is 2. The second kappa shape index (κ2) is 4.41. The van der Waals surface area contributed by atoms with Crippen molar-refractivity contribution in [3.05, 3.63) is 13.8 Å². The molecule has 4 aliphatic carbocycles. The summed E-state index contributed by atoms with van der Waals surface area (Å²) in [6, 6.07) is 0. The van der Waals surface area contributed by atoms with Crippen LogP contribution in [0.3, 0.4) is 0 Å². The van der Waals surface area contributed by atoms with E-state index in [-0.39, 0.29) is 32.7 Å². The van der Waals surface area contributed by atoms with Crippen LogP contribution in [0.2, 0.25) is 0 Å². The SMILES string of the molecule is [CH2-]CC1(C[CH2-])C2CC3CC(C2)CC1C3.[Y]. The Morgan fingerprint density at radius 3 is 1.53 bits per heavy atom. The summed E-state index contributed by atoms with van der Waals surface area (Å²) in [6.45, 7) is 8.47. The topological polar surface area (TPSA) is 0 Å². The molecule has 4 aliphatic rings. The van der Waals surface area contributed by atoms with Crippen LogP contribution in [0.4, 0.5) is 0 Å². The van der Waals surface area contributed by atoms with Crippen molar-refractivity contribution in [2.45, 2.75) is 44.9 Å². The summed E-state index contributed by atoms with van der Waals surface area (Å²) in [5, 5.41) is 0. The Morgan fingerprint density at radius 2 is 1.20 bits per heavy atom. The van der Waals surface area contributed by atoms with E-state index in [9.17, 15) is 0 Å². The third-order valence-electron chi connectivity index (χ3n) is 5.70. The van der Waals surface area contributed by atoms with E-state index in [1.807, 2.05) is 0 Å². The van der Waals surface area contributed by atoms with Gasteiger partial charge in [-0.15, -0.1) is 0 Å². The van der Waals surface area contributed by atoms with Gasteiger partial charge in [0.05, 0.1) is 0 Å². The summed E-state index contributed by atoms with van der Waals surface area (Å²) in [5.41, 5.74) is 0.563. The van der Waals surface area contributed by atoms with Crippen LogP contribution in [0.5, 0.6) is 0 Å². The zero-order valence-electron chi connectivity index (χ0n) is 9.75. The zero-order valence-corrected chi connectivity index (χ0v) is 12.6. The van der Waals surface area contributed by atoms with Crippen LogP contribution >= 0.6 is 0 Å². The molecule has 1 radical (unpaired) electrons. The van der Waals surface area contributed by atoms with E-state index in [1.165, 1.54) is 25.7 Å². The van der Waals surface area contributed by atoms with Gasteiger partial charge in [-0.05, 0) is 55.8 Å². The van der Waals surface area contributed by atoms with E-state index in [2.05, 4.69) is 13.8 Å². The maximum Gasteiger partial charge on any atom is 0 e. The predicted molar refractivity (Wildman–Crippen MR) is 59.4 cm³/mol. The fourth-order valence-corrected chi connectivity index (χ4v) is 5.06. The molecule has 0 unspecified atom stereocenters. The molecule has 4 bridgehead atoms. The van der Waals surface area contributed by atoms with E-state index >= 15 is 0 Å². The maximum absolute atomic E-state index is 4.23. The van der Waals surface area contributed by atoms with Gasteiger partial charge >= 0.3 is 0 Å². The van der Waals surface area contributed by atoms with Crippen LogP contribution in [0.15, 0.2) is 0 Å². The molecule has 0 saturated heterocycles. The molecule has 0 aliphatic heterocycles. The summed E-state index contributed by atoms with van der Waals surface area (Å²) in [7, 11) is 0. The molecule has 4 fully saturated rings. The first-order valence-electron chi connectivity index (χ1n) is 6.37. The summed E-state index contributed by atoms with van der Waals surface area (Å²) < 4.78 is 0. The van der Waals surface area contributed by atoms with Gasteiger partial charge in [-0.3, -0.25) is 0 Å². The van der Waals surface area contributed by atoms with Gasteiger partial charge in [0.2, 0.25) is 0 Å². The van der Waals surface area contributed by atoms with Gasteiger partial charge < -0.3 is 13.8 Å². The molecule has 0 spiro atoms.